The van der Waals surface area contributed by atoms with Gasteiger partial charge in [0.05, 0.1) is 18.5 Å². The molecule has 0 unspecified atom stereocenters. The van der Waals surface area contributed by atoms with Gasteiger partial charge in [-0.15, -0.1) is 0 Å². The number of benzene rings is 1. The van der Waals surface area contributed by atoms with Crippen molar-refractivity contribution in [1.82, 2.24) is 0 Å². The number of rotatable bonds is 5. The van der Waals surface area contributed by atoms with Crippen LogP contribution in [-0.4, -0.2) is 24.8 Å². The Kier molecular flexibility index (Phi) is 4.96. The van der Waals surface area contributed by atoms with Gasteiger partial charge < -0.3 is 4.74 Å². The summed E-state index contributed by atoms with van der Waals surface area (Å²) in [6.45, 7) is 0.494. The highest BCUT2D eigenvalue weighted by Gasteiger charge is 2.29. The van der Waals surface area contributed by atoms with Gasteiger partial charge in [0.25, 0.3) is 10.1 Å². The van der Waals surface area contributed by atoms with E-state index < -0.39 is 10.1 Å². The average Bonchev–Trinajstić information content (AvgIpc) is 2.37. The van der Waals surface area contributed by atoms with E-state index in [9.17, 15) is 8.42 Å². The Labute approximate surface area is 114 Å². The van der Waals surface area contributed by atoms with Crippen molar-refractivity contribution in [3.05, 3.63) is 35.9 Å². The predicted molar refractivity (Wildman–Crippen MR) is 73.4 cm³/mol. The van der Waals surface area contributed by atoms with Crippen LogP contribution in [0, 0.1) is 5.92 Å². The summed E-state index contributed by atoms with van der Waals surface area (Å²) in [6.07, 6.45) is 3.66. The molecule has 5 heteroatoms. The van der Waals surface area contributed by atoms with Crippen molar-refractivity contribution in [3.8, 4) is 0 Å². The van der Waals surface area contributed by atoms with E-state index in [0.29, 0.717) is 6.61 Å². The number of hydrogen-bond acceptors (Lipinski definition) is 3. The van der Waals surface area contributed by atoms with Gasteiger partial charge in [-0.05, 0) is 18.4 Å². The van der Waals surface area contributed by atoms with Crippen molar-refractivity contribution in [2.45, 2.75) is 38.4 Å². The van der Waals surface area contributed by atoms with Gasteiger partial charge in [-0.25, -0.2) is 0 Å². The highest BCUT2D eigenvalue weighted by molar-refractivity contribution is 7.85. The molecular weight excluding hydrogens is 264 g/mol. The van der Waals surface area contributed by atoms with Gasteiger partial charge in [-0.2, -0.15) is 8.42 Å². The molecule has 1 saturated carbocycles. The second-order valence-electron chi connectivity index (χ2n) is 5.13. The lowest BCUT2D eigenvalue weighted by atomic mass is 9.88. The third-order valence-corrected chi connectivity index (χ3v) is 4.42. The summed E-state index contributed by atoms with van der Waals surface area (Å²) in [5.41, 5.74) is 1.08. The SMILES string of the molecule is O=S(=O)(O)C[C@H]1CCCC[C@H]1OCc1ccccc1. The van der Waals surface area contributed by atoms with Crippen LogP contribution < -0.4 is 0 Å². The van der Waals surface area contributed by atoms with Crippen LogP contribution in [0.1, 0.15) is 31.2 Å². The maximum Gasteiger partial charge on any atom is 0.265 e. The van der Waals surface area contributed by atoms with Crippen LogP contribution in [0.25, 0.3) is 0 Å². The highest BCUT2D eigenvalue weighted by atomic mass is 32.2. The number of ether oxygens (including phenoxy) is 1. The lowest BCUT2D eigenvalue weighted by molar-refractivity contribution is -0.0148. The zero-order chi connectivity index (χ0) is 13.7. The Morgan fingerprint density at radius 3 is 2.53 bits per heavy atom. The topological polar surface area (TPSA) is 63.6 Å². The first-order chi connectivity index (χ1) is 9.04. The van der Waals surface area contributed by atoms with Crippen molar-refractivity contribution >= 4 is 10.1 Å². The van der Waals surface area contributed by atoms with Crippen molar-refractivity contribution in [3.63, 3.8) is 0 Å². The first-order valence-electron chi connectivity index (χ1n) is 6.65. The maximum atomic E-state index is 11.0. The van der Waals surface area contributed by atoms with E-state index in [-0.39, 0.29) is 17.8 Å². The van der Waals surface area contributed by atoms with Gasteiger partial charge in [-0.3, -0.25) is 4.55 Å². The van der Waals surface area contributed by atoms with Crippen LogP contribution >= 0.6 is 0 Å². The summed E-state index contributed by atoms with van der Waals surface area (Å²) >= 11 is 0. The molecule has 0 bridgehead atoms. The van der Waals surface area contributed by atoms with Crippen molar-refractivity contribution < 1.29 is 17.7 Å². The fraction of sp³-hybridized carbons (Fsp3) is 0.571. The van der Waals surface area contributed by atoms with E-state index in [4.69, 9.17) is 9.29 Å². The molecule has 0 aromatic heterocycles. The molecule has 0 amide bonds. The normalized spacial score (nSPS) is 24.3. The molecule has 1 N–H and O–H groups in total. The van der Waals surface area contributed by atoms with E-state index in [0.717, 1.165) is 31.2 Å². The quantitative estimate of drug-likeness (QED) is 0.844. The second-order valence-corrected chi connectivity index (χ2v) is 6.63. The smallest absolute Gasteiger partial charge is 0.265 e. The molecule has 4 nitrogen and oxygen atoms in total. The predicted octanol–water partition coefficient (Wildman–Crippen LogP) is 2.65. The fourth-order valence-electron chi connectivity index (χ4n) is 2.63. The van der Waals surface area contributed by atoms with Crippen LogP contribution in [0.2, 0.25) is 0 Å². The molecule has 19 heavy (non-hydrogen) atoms. The Morgan fingerprint density at radius 1 is 1.16 bits per heavy atom. The van der Waals surface area contributed by atoms with Gasteiger partial charge in [-0.1, -0.05) is 43.2 Å². The van der Waals surface area contributed by atoms with Crippen molar-refractivity contribution in [2.75, 3.05) is 5.75 Å². The Hall–Kier alpha value is -0.910. The van der Waals surface area contributed by atoms with Crippen LogP contribution in [0.15, 0.2) is 30.3 Å². The minimum absolute atomic E-state index is 0.0733. The summed E-state index contributed by atoms with van der Waals surface area (Å²) in [5.74, 6) is -0.278. The summed E-state index contributed by atoms with van der Waals surface area (Å²) in [5, 5.41) is 0. The lowest BCUT2D eigenvalue weighted by Crippen LogP contribution is -2.32. The van der Waals surface area contributed by atoms with Crippen LogP contribution in [0.4, 0.5) is 0 Å². The summed E-state index contributed by atoms with van der Waals surface area (Å²) in [6, 6.07) is 9.83. The van der Waals surface area contributed by atoms with E-state index in [1.54, 1.807) is 0 Å². The Balaban J connectivity index is 1.92. The van der Waals surface area contributed by atoms with E-state index in [1.807, 2.05) is 30.3 Å². The largest absolute Gasteiger partial charge is 0.373 e. The standard InChI is InChI=1S/C14H20O4S/c15-19(16,17)11-13-8-4-5-9-14(13)18-10-12-6-2-1-3-7-12/h1-3,6-7,13-14H,4-5,8-11H2,(H,15,16,17)/t13-,14-/m1/s1. The van der Waals surface area contributed by atoms with E-state index in [2.05, 4.69) is 0 Å². The van der Waals surface area contributed by atoms with Crippen molar-refractivity contribution in [1.29, 1.82) is 0 Å². The molecule has 0 radical (unpaired) electrons. The van der Waals surface area contributed by atoms with Gasteiger partial charge >= 0.3 is 0 Å². The molecule has 1 aromatic carbocycles. The Bertz CT molecular complexity index is 483. The highest BCUT2D eigenvalue weighted by Crippen LogP contribution is 2.28. The molecule has 1 aromatic rings. The van der Waals surface area contributed by atoms with Gasteiger partial charge in [0, 0.05) is 5.92 Å². The molecule has 0 heterocycles. The zero-order valence-corrected chi connectivity index (χ0v) is 11.7. The van der Waals surface area contributed by atoms with Crippen LogP contribution in [0.5, 0.6) is 0 Å². The zero-order valence-electron chi connectivity index (χ0n) is 10.9. The molecule has 2 atom stereocenters. The molecular formula is C14H20O4S. The average molecular weight is 284 g/mol. The molecule has 0 spiro atoms. The van der Waals surface area contributed by atoms with Crippen LogP contribution in [-0.2, 0) is 21.5 Å². The maximum absolute atomic E-state index is 11.0. The molecule has 106 valence electrons. The molecule has 1 fully saturated rings. The number of hydrogen-bond donors (Lipinski definition) is 1. The van der Waals surface area contributed by atoms with E-state index in [1.165, 1.54) is 0 Å². The van der Waals surface area contributed by atoms with Gasteiger partial charge in [0.2, 0.25) is 0 Å². The second kappa shape index (κ2) is 6.50. The summed E-state index contributed by atoms with van der Waals surface area (Å²) in [7, 11) is -3.92. The van der Waals surface area contributed by atoms with E-state index >= 15 is 0 Å². The lowest BCUT2D eigenvalue weighted by Gasteiger charge is -2.30. The van der Waals surface area contributed by atoms with Gasteiger partial charge in [0.15, 0.2) is 0 Å². The molecule has 1 aliphatic carbocycles. The molecule has 0 saturated heterocycles. The van der Waals surface area contributed by atoms with Crippen LogP contribution in [0.3, 0.4) is 0 Å². The first-order valence-corrected chi connectivity index (χ1v) is 8.26. The van der Waals surface area contributed by atoms with Gasteiger partial charge in [0.1, 0.15) is 0 Å². The summed E-state index contributed by atoms with van der Waals surface area (Å²) in [4.78, 5) is 0. The third-order valence-electron chi connectivity index (χ3n) is 3.57. The first kappa shape index (κ1) is 14.5. The fourth-order valence-corrected chi connectivity index (χ4v) is 3.55. The third kappa shape index (κ3) is 4.93. The molecule has 1 aliphatic rings. The Morgan fingerprint density at radius 2 is 1.84 bits per heavy atom. The minimum Gasteiger partial charge on any atom is -0.373 e. The van der Waals surface area contributed by atoms with Crippen molar-refractivity contribution in [2.24, 2.45) is 5.92 Å². The molecule has 0 aliphatic heterocycles. The molecule has 2 rings (SSSR count). The summed E-state index contributed by atoms with van der Waals surface area (Å²) < 4.78 is 36.9. The minimum atomic E-state index is -3.92. The monoisotopic (exact) mass is 284 g/mol.